The Bertz CT molecular complexity index is 1490. The molecule has 0 saturated carbocycles. The fourth-order valence-corrected chi connectivity index (χ4v) is 3.55. The molecule has 174 valence electrons. The van der Waals surface area contributed by atoms with E-state index in [0.717, 1.165) is 16.2 Å². The number of rotatable bonds is 6. The summed E-state index contributed by atoms with van der Waals surface area (Å²) < 4.78 is 17.5. The van der Waals surface area contributed by atoms with Crippen molar-refractivity contribution in [3.63, 3.8) is 0 Å². The zero-order valence-corrected chi connectivity index (χ0v) is 18.2. The summed E-state index contributed by atoms with van der Waals surface area (Å²) >= 11 is 0. The Labute approximate surface area is 192 Å². The molecule has 2 amide bonds. The van der Waals surface area contributed by atoms with Crippen LogP contribution in [0.15, 0.2) is 70.5 Å². The van der Waals surface area contributed by atoms with Crippen LogP contribution in [0.5, 0.6) is 0 Å². The van der Waals surface area contributed by atoms with Crippen molar-refractivity contribution >= 4 is 23.0 Å². The number of imidazole rings is 1. The van der Waals surface area contributed by atoms with Crippen molar-refractivity contribution in [2.45, 2.75) is 26.6 Å². The van der Waals surface area contributed by atoms with Crippen LogP contribution in [0.25, 0.3) is 11.2 Å². The second kappa shape index (κ2) is 9.53. The number of nitrogens with zero attached hydrogens (tertiary/aromatic N) is 4. The average Bonchev–Trinajstić information content (AvgIpc) is 3.28. The van der Waals surface area contributed by atoms with Crippen molar-refractivity contribution in [3.8, 4) is 0 Å². The molecule has 0 atom stereocenters. The van der Waals surface area contributed by atoms with Crippen LogP contribution in [0.1, 0.15) is 22.8 Å². The molecule has 4 aromatic rings. The highest BCUT2D eigenvalue weighted by Gasteiger charge is 2.20. The van der Waals surface area contributed by atoms with Gasteiger partial charge in [0.15, 0.2) is 11.2 Å². The molecule has 0 radical (unpaired) electrons. The number of hydrogen-bond donors (Lipinski definition) is 2. The van der Waals surface area contributed by atoms with E-state index in [0.29, 0.717) is 6.54 Å². The number of hydrogen-bond acceptors (Lipinski definition) is 5. The molecular formula is C23H21FN6O4. The lowest BCUT2D eigenvalue weighted by molar-refractivity contribution is -0.122. The van der Waals surface area contributed by atoms with Gasteiger partial charge < -0.3 is 4.57 Å². The number of halogens is 1. The maximum atomic E-state index is 13.8. The maximum Gasteiger partial charge on any atom is 0.333 e. The first-order valence-corrected chi connectivity index (χ1v) is 10.5. The molecule has 34 heavy (non-hydrogen) atoms. The van der Waals surface area contributed by atoms with E-state index in [2.05, 4.69) is 15.8 Å². The Kier molecular flexibility index (Phi) is 6.35. The molecule has 0 bridgehead atoms. The Morgan fingerprint density at radius 3 is 2.38 bits per heavy atom. The lowest BCUT2D eigenvalue weighted by Crippen LogP contribution is -2.48. The van der Waals surface area contributed by atoms with Gasteiger partial charge in [-0.2, -0.15) is 0 Å². The summed E-state index contributed by atoms with van der Waals surface area (Å²) in [5, 5.41) is 0. The number of hydrazine groups is 1. The van der Waals surface area contributed by atoms with Gasteiger partial charge in [0.1, 0.15) is 12.4 Å². The van der Waals surface area contributed by atoms with Gasteiger partial charge in [-0.05, 0) is 24.6 Å². The maximum absolute atomic E-state index is 13.8. The van der Waals surface area contributed by atoms with Gasteiger partial charge in [0.05, 0.1) is 18.4 Å². The minimum absolute atomic E-state index is 0.142. The van der Waals surface area contributed by atoms with Crippen LogP contribution in [-0.2, 0) is 24.4 Å². The van der Waals surface area contributed by atoms with Crippen LogP contribution < -0.4 is 22.1 Å². The van der Waals surface area contributed by atoms with E-state index in [1.165, 1.54) is 29.1 Å². The van der Waals surface area contributed by atoms with E-state index < -0.39 is 35.4 Å². The number of amides is 2. The first-order chi connectivity index (χ1) is 16.4. The molecule has 0 aliphatic rings. The molecule has 11 heteroatoms. The number of carbonyl (C=O) groups excluding carboxylic acids is 2. The molecule has 0 fully saturated rings. The third-order valence-electron chi connectivity index (χ3n) is 5.24. The number of benzene rings is 2. The lowest BCUT2D eigenvalue weighted by atomic mass is 10.2. The monoisotopic (exact) mass is 464 g/mol. The first kappa shape index (κ1) is 22.6. The third kappa shape index (κ3) is 4.35. The molecular weight excluding hydrogens is 443 g/mol. The summed E-state index contributed by atoms with van der Waals surface area (Å²) in [5.74, 6) is -2.47. The van der Waals surface area contributed by atoms with Crippen LogP contribution in [0.3, 0.4) is 0 Å². The predicted octanol–water partition coefficient (Wildman–Crippen LogP) is 1.03. The minimum Gasteiger partial charge on any atom is -0.325 e. The molecule has 0 aliphatic heterocycles. The van der Waals surface area contributed by atoms with E-state index in [1.807, 2.05) is 37.3 Å². The Hall–Kier alpha value is -4.54. The van der Waals surface area contributed by atoms with Crippen molar-refractivity contribution in [3.05, 3.63) is 98.7 Å². The highest BCUT2D eigenvalue weighted by Crippen LogP contribution is 2.10. The third-order valence-corrected chi connectivity index (χ3v) is 5.24. The van der Waals surface area contributed by atoms with Gasteiger partial charge in [-0.15, -0.1) is 0 Å². The molecule has 0 saturated heterocycles. The quantitative estimate of drug-likeness (QED) is 0.413. The average molecular weight is 464 g/mol. The number of nitrogens with one attached hydrogen (secondary N) is 2. The summed E-state index contributed by atoms with van der Waals surface area (Å²) in [6, 6.07) is 14.4. The van der Waals surface area contributed by atoms with Gasteiger partial charge in [-0.3, -0.25) is 29.8 Å². The first-order valence-electron chi connectivity index (χ1n) is 10.5. The number of fused-ring (bicyclic) bond motifs is 1. The molecule has 0 aliphatic carbocycles. The van der Waals surface area contributed by atoms with Gasteiger partial charge in [0.2, 0.25) is 0 Å². The van der Waals surface area contributed by atoms with Gasteiger partial charge in [0.25, 0.3) is 17.4 Å². The predicted molar refractivity (Wildman–Crippen MR) is 121 cm³/mol. The summed E-state index contributed by atoms with van der Waals surface area (Å²) in [5.41, 5.74) is 3.74. The Morgan fingerprint density at radius 2 is 1.68 bits per heavy atom. The zero-order valence-electron chi connectivity index (χ0n) is 18.2. The molecule has 2 N–H and O–H groups in total. The van der Waals surface area contributed by atoms with E-state index in [-0.39, 0.29) is 23.3 Å². The van der Waals surface area contributed by atoms with Crippen molar-refractivity contribution < 1.29 is 14.0 Å². The zero-order chi connectivity index (χ0) is 24.2. The summed E-state index contributed by atoms with van der Waals surface area (Å²) in [6.45, 7) is 1.74. The fraction of sp³-hybridized carbons (Fsp3) is 0.174. The number of aryl methyl sites for hydroxylation is 1. The summed E-state index contributed by atoms with van der Waals surface area (Å²) in [7, 11) is 0. The van der Waals surface area contributed by atoms with Gasteiger partial charge in [0, 0.05) is 6.54 Å². The molecule has 0 spiro atoms. The van der Waals surface area contributed by atoms with Crippen molar-refractivity contribution in [2.24, 2.45) is 0 Å². The molecule has 2 heterocycles. The lowest BCUT2D eigenvalue weighted by Gasteiger charge is -2.13. The van der Waals surface area contributed by atoms with Crippen molar-refractivity contribution in [1.29, 1.82) is 0 Å². The SMILES string of the molecule is CCn1cnc2c1c(=O)n(CC(=O)NNC(=O)c1ccccc1F)c(=O)n2Cc1ccccc1. The molecule has 0 unspecified atom stereocenters. The topological polar surface area (TPSA) is 120 Å². The van der Waals surface area contributed by atoms with Crippen LogP contribution in [0.4, 0.5) is 4.39 Å². The smallest absolute Gasteiger partial charge is 0.325 e. The van der Waals surface area contributed by atoms with Crippen LogP contribution in [0.2, 0.25) is 0 Å². The fourth-order valence-electron chi connectivity index (χ4n) is 3.55. The van der Waals surface area contributed by atoms with E-state index in [9.17, 15) is 23.6 Å². The molecule has 10 nitrogen and oxygen atoms in total. The van der Waals surface area contributed by atoms with Crippen molar-refractivity contribution in [2.75, 3.05) is 0 Å². The van der Waals surface area contributed by atoms with Crippen LogP contribution in [0, 0.1) is 5.82 Å². The summed E-state index contributed by atoms with van der Waals surface area (Å²) in [6.07, 6.45) is 1.46. The summed E-state index contributed by atoms with van der Waals surface area (Å²) in [4.78, 5) is 55.2. The molecule has 2 aromatic carbocycles. The largest absolute Gasteiger partial charge is 0.333 e. The van der Waals surface area contributed by atoms with Crippen LogP contribution in [-0.4, -0.2) is 30.5 Å². The van der Waals surface area contributed by atoms with E-state index in [1.54, 1.807) is 4.57 Å². The Balaban J connectivity index is 1.64. The van der Waals surface area contributed by atoms with Gasteiger partial charge >= 0.3 is 5.69 Å². The van der Waals surface area contributed by atoms with E-state index in [4.69, 9.17) is 0 Å². The molecule has 4 rings (SSSR count). The normalized spacial score (nSPS) is 10.9. The van der Waals surface area contributed by atoms with Gasteiger partial charge in [-0.25, -0.2) is 18.7 Å². The van der Waals surface area contributed by atoms with E-state index >= 15 is 0 Å². The Morgan fingerprint density at radius 1 is 0.971 bits per heavy atom. The number of aromatic nitrogens is 4. The minimum atomic E-state index is -0.875. The highest BCUT2D eigenvalue weighted by molar-refractivity contribution is 5.95. The van der Waals surface area contributed by atoms with Crippen molar-refractivity contribution in [1.82, 2.24) is 29.5 Å². The molecule has 2 aromatic heterocycles. The second-order valence-corrected chi connectivity index (χ2v) is 7.43. The number of carbonyl (C=O) groups is 2. The standard InChI is InChI=1S/C23H21FN6O4/c1-2-28-14-25-20-19(28)22(33)30(23(34)29(20)12-15-8-4-3-5-9-15)13-18(31)26-27-21(32)16-10-6-7-11-17(16)24/h3-11,14H,2,12-13H2,1H3,(H,26,31)(H,27,32). The van der Waals surface area contributed by atoms with Crippen LogP contribution >= 0.6 is 0 Å². The van der Waals surface area contributed by atoms with Gasteiger partial charge in [-0.1, -0.05) is 42.5 Å². The second-order valence-electron chi connectivity index (χ2n) is 7.43. The highest BCUT2D eigenvalue weighted by atomic mass is 19.1.